The number of aliphatic hydroxyl groups excluding tert-OH is 1. The van der Waals surface area contributed by atoms with Gasteiger partial charge in [-0.15, -0.1) is 0 Å². The lowest BCUT2D eigenvalue weighted by molar-refractivity contribution is 0.0601. The van der Waals surface area contributed by atoms with E-state index in [1.54, 1.807) is 36.4 Å². The molecular weight excluding hydrogens is 246 g/mol. The predicted octanol–water partition coefficient (Wildman–Crippen LogP) is 2.29. The first-order valence-electron chi connectivity index (χ1n) is 5.52. The Hall–Kier alpha value is -2.58. The van der Waals surface area contributed by atoms with E-state index in [0.717, 1.165) is 5.56 Å². The number of nitrogens with zero attached hydrogens (tertiary/aromatic N) is 1. The maximum atomic E-state index is 11.3. The lowest BCUT2D eigenvalue weighted by atomic mass is 10.1. The van der Waals surface area contributed by atoms with E-state index >= 15 is 0 Å². The summed E-state index contributed by atoms with van der Waals surface area (Å²) in [5, 5.41) is 17.9. The highest BCUT2D eigenvalue weighted by molar-refractivity contribution is 5.89. The van der Waals surface area contributed by atoms with Gasteiger partial charge in [-0.3, -0.25) is 0 Å². The molecule has 19 heavy (non-hydrogen) atoms. The van der Waals surface area contributed by atoms with Crippen LogP contribution in [-0.2, 0) is 4.74 Å². The van der Waals surface area contributed by atoms with Crippen molar-refractivity contribution in [2.45, 2.75) is 6.10 Å². The van der Waals surface area contributed by atoms with Gasteiger partial charge in [0.15, 0.2) is 6.10 Å². The number of carbonyl (C=O) groups excluding carboxylic acids is 1. The Bertz CT molecular complexity index is 622. The monoisotopic (exact) mass is 257 g/mol. The summed E-state index contributed by atoms with van der Waals surface area (Å²) in [7, 11) is 1.32. The molecule has 96 valence electrons. The topological polar surface area (TPSA) is 83.5 Å². The first kappa shape index (κ1) is 12.9. The summed E-state index contributed by atoms with van der Waals surface area (Å²) in [6, 6.07) is 11.5. The molecule has 1 N–H and O–H groups in total. The highest BCUT2D eigenvalue weighted by atomic mass is 16.5. The molecule has 0 saturated heterocycles. The molecule has 0 amide bonds. The summed E-state index contributed by atoms with van der Waals surface area (Å²) in [5.74, 6) is 0.293. The molecule has 0 spiro atoms. The number of esters is 1. The number of carbonyl (C=O) groups is 1. The van der Waals surface area contributed by atoms with Crippen molar-refractivity contribution in [2.75, 3.05) is 7.11 Å². The van der Waals surface area contributed by atoms with Gasteiger partial charge in [0, 0.05) is 5.56 Å². The van der Waals surface area contributed by atoms with Gasteiger partial charge in [0.25, 0.3) is 0 Å². The molecule has 0 saturated carbocycles. The molecule has 0 aliphatic carbocycles. The van der Waals surface area contributed by atoms with E-state index in [9.17, 15) is 9.90 Å². The Morgan fingerprint density at radius 3 is 2.58 bits per heavy atom. The quantitative estimate of drug-likeness (QED) is 0.673. The van der Waals surface area contributed by atoms with E-state index in [2.05, 4.69) is 4.74 Å². The third-order valence-electron chi connectivity index (χ3n) is 2.61. The number of methoxy groups -OCH3 is 1. The van der Waals surface area contributed by atoms with Gasteiger partial charge in [-0.25, -0.2) is 4.79 Å². The maximum Gasteiger partial charge on any atom is 0.337 e. The van der Waals surface area contributed by atoms with E-state index in [0.29, 0.717) is 11.3 Å². The molecule has 1 aromatic carbocycles. The Morgan fingerprint density at radius 1 is 1.32 bits per heavy atom. The van der Waals surface area contributed by atoms with Crippen LogP contribution in [0.5, 0.6) is 0 Å². The van der Waals surface area contributed by atoms with Crippen LogP contribution in [0.3, 0.4) is 0 Å². The van der Waals surface area contributed by atoms with Crippen molar-refractivity contribution in [1.29, 1.82) is 5.26 Å². The van der Waals surface area contributed by atoms with Gasteiger partial charge < -0.3 is 14.3 Å². The van der Waals surface area contributed by atoms with Gasteiger partial charge in [-0.2, -0.15) is 5.26 Å². The van der Waals surface area contributed by atoms with Crippen LogP contribution >= 0.6 is 0 Å². The Morgan fingerprint density at radius 2 is 2.00 bits per heavy atom. The van der Waals surface area contributed by atoms with E-state index in [1.807, 2.05) is 0 Å². The molecule has 0 unspecified atom stereocenters. The van der Waals surface area contributed by atoms with E-state index < -0.39 is 12.1 Å². The maximum absolute atomic E-state index is 11.3. The molecular formula is C14H11NO4. The van der Waals surface area contributed by atoms with Crippen molar-refractivity contribution >= 4 is 5.97 Å². The van der Waals surface area contributed by atoms with Crippen molar-refractivity contribution in [3.05, 3.63) is 47.7 Å². The van der Waals surface area contributed by atoms with Crippen molar-refractivity contribution < 1.29 is 19.1 Å². The van der Waals surface area contributed by atoms with Crippen molar-refractivity contribution in [1.82, 2.24) is 0 Å². The molecule has 2 aromatic rings. The first-order valence-corrected chi connectivity index (χ1v) is 5.52. The standard InChI is InChI=1S/C14H11NO4/c1-18-14(17)10-4-2-9(3-5-10)12-6-7-13(19-12)11(16)8-15/h2-7,11,16H,1H3/t11-/m0/s1. The summed E-state index contributed by atoms with van der Waals surface area (Å²) >= 11 is 0. The largest absolute Gasteiger partial charge is 0.465 e. The first-order chi connectivity index (χ1) is 9.15. The molecule has 0 aliphatic rings. The second kappa shape index (κ2) is 5.38. The van der Waals surface area contributed by atoms with Crippen molar-refractivity contribution in [3.8, 4) is 17.4 Å². The lowest BCUT2D eigenvalue weighted by Gasteiger charge is -2.01. The van der Waals surface area contributed by atoms with Crippen LogP contribution < -0.4 is 0 Å². The minimum absolute atomic E-state index is 0.189. The number of benzene rings is 1. The van der Waals surface area contributed by atoms with Crippen LogP contribution in [0, 0.1) is 11.3 Å². The minimum Gasteiger partial charge on any atom is -0.465 e. The second-order valence-corrected chi connectivity index (χ2v) is 3.80. The van der Waals surface area contributed by atoms with Crippen molar-refractivity contribution in [2.24, 2.45) is 0 Å². The summed E-state index contributed by atoms with van der Waals surface area (Å²) < 4.78 is 9.96. The molecule has 1 atom stereocenters. The molecule has 5 heteroatoms. The van der Waals surface area contributed by atoms with Gasteiger partial charge in [0.05, 0.1) is 12.7 Å². The van der Waals surface area contributed by atoms with E-state index in [-0.39, 0.29) is 5.76 Å². The molecule has 0 bridgehead atoms. The molecule has 5 nitrogen and oxygen atoms in total. The van der Waals surface area contributed by atoms with Crippen molar-refractivity contribution in [3.63, 3.8) is 0 Å². The van der Waals surface area contributed by atoms with Crippen LogP contribution in [0.25, 0.3) is 11.3 Å². The van der Waals surface area contributed by atoms with E-state index in [1.165, 1.54) is 13.2 Å². The van der Waals surface area contributed by atoms with Crippen LogP contribution in [0.15, 0.2) is 40.8 Å². The third-order valence-corrected chi connectivity index (χ3v) is 2.61. The number of hydrogen-bond acceptors (Lipinski definition) is 5. The van der Waals surface area contributed by atoms with Crippen LogP contribution in [-0.4, -0.2) is 18.2 Å². The Kier molecular flexibility index (Phi) is 3.64. The molecule has 0 radical (unpaired) electrons. The van der Waals surface area contributed by atoms with Crippen LogP contribution in [0.2, 0.25) is 0 Å². The summed E-state index contributed by atoms with van der Waals surface area (Å²) in [5.41, 5.74) is 1.18. The normalized spacial score (nSPS) is 11.6. The van der Waals surface area contributed by atoms with Gasteiger partial charge in [-0.1, -0.05) is 12.1 Å². The minimum atomic E-state index is -1.27. The predicted molar refractivity (Wildman–Crippen MR) is 66.1 cm³/mol. The second-order valence-electron chi connectivity index (χ2n) is 3.80. The molecule has 0 aliphatic heterocycles. The molecule has 1 heterocycles. The number of nitriles is 1. The lowest BCUT2D eigenvalue weighted by Crippen LogP contribution is -2.00. The Labute approximate surface area is 109 Å². The van der Waals surface area contributed by atoms with Gasteiger partial charge in [0.1, 0.15) is 17.6 Å². The number of rotatable bonds is 3. The number of ether oxygens (including phenoxy) is 1. The summed E-state index contributed by atoms with van der Waals surface area (Å²) in [6.07, 6.45) is -1.27. The Balaban J connectivity index is 2.25. The zero-order valence-corrected chi connectivity index (χ0v) is 10.2. The smallest absolute Gasteiger partial charge is 0.337 e. The average molecular weight is 257 g/mol. The zero-order chi connectivity index (χ0) is 13.8. The fraction of sp³-hybridized carbons (Fsp3) is 0.143. The number of aliphatic hydroxyl groups is 1. The number of hydrogen-bond donors (Lipinski definition) is 1. The zero-order valence-electron chi connectivity index (χ0n) is 10.2. The highest BCUT2D eigenvalue weighted by Crippen LogP contribution is 2.25. The fourth-order valence-corrected chi connectivity index (χ4v) is 1.61. The highest BCUT2D eigenvalue weighted by Gasteiger charge is 2.12. The summed E-state index contributed by atoms with van der Waals surface area (Å²) in [4.78, 5) is 11.3. The third kappa shape index (κ3) is 2.64. The summed E-state index contributed by atoms with van der Waals surface area (Å²) in [6.45, 7) is 0. The SMILES string of the molecule is COC(=O)c1ccc(-c2ccc([C@@H](O)C#N)o2)cc1. The molecule has 0 fully saturated rings. The van der Waals surface area contributed by atoms with Gasteiger partial charge in [0.2, 0.25) is 0 Å². The van der Waals surface area contributed by atoms with Crippen LogP contribution in [0.4, 0.5) is 0 Å². The fourth-order valence-electron chi connectivity index (χ4n) is 1.61. The molecule has 1 aromatic heterocycles. The van der Waals surface area contributed by atoms with Gasteiger partial charge >= 0.3 is 5.97 Å². The van der Waals surface area contributed by atoms with Crippen LogP contribution in [0.1, 0.15) is 22.2 Å². The average Bonchev–Trinajstić information content (AvgIpc) is 2.95. The molecule has 2 rings (SSSR count). The number of furan rings is 1. The van der Waals surface area contributed by atoms with E-state index in [4.69, 9.17) is 9.68 Å². The van der Waals surface area contributed by atoms with Gasteiger partial charge in [-0.05, 0) is 24.3 Å².